The van der Waals surface area contributed by atoms with Crippen molar-refractivity contribution in [3.63, 3.8) is 0 Å². The van der Waals surface area contributed by atoms with Gasteiger partial charge in [0.1, 0.15) is 0 Å². The summed E-state index contributed by atoms with van der Waals surface area (Å²) < 4.78 is 4.75. The first-order chi connectivity index (χ1) is 3.84. The number of thiophene rings is 1. The third-order valence-electron chi connectivity index (χ3n) is 0.796. The van der Waals surface area contributed by atoms with E-state index in [9.17, 15) is 0 Å². The molecule has 0 amide bonds. The highest BCUT2D eigenvalue weighted by molar-refractivity contribution is 7.12. The zero-order chi connectivity index (χ0) is 5.98. The summed E-state index contributed by atoms with van der Waals surface area (Å²) in [6, 6.07) is 1.60. The quantitative estimate of drug-likeness (QED) is 0.623. The van der Waals surface area contributed by atoms with Gasteiger partial charge in [-0.2, -0.15) is 0 Å². The van der Waals surface area contributed by atoms with Crippen LogP contribution in [0.5, 0.6) is 10.8 Å². The Hall–Kier alpha value is -0.700. The van der Waals surface area contributed by atoms with Crippen molar-refractivity contribution >= 4 is 11.3 Å². The maximum Gasteiger partial charge on any atom is 0.216 e. The van der Waals surface area contributed by atoms with Gasteiger partial charge >= 0.3 is 0 Å². The highest BCUT2D eigenvalue weighted by Crippen LogP contribution is 2.31. The molecule has 0 aliphatic heterocycles. The van der Waals surface area contributed by atoms with E-state index in [1.807, 2.05) is 0 Å². The molecule has 0 aliphatic rings. The first kappa shape index (κ1) is 5.44. The molecule has 0 saturated carbocycles. The Morgan fingerprint density at radius 1 is 1.75 bits per heavy atom. The largest absolute Gasteiger partial charge is 0.504 e. The number of hydrogen-bond donors (Lipinski definition) is 1. The van der Waals surface area contributed by atoms with Crippen molar-refractivity contribution in [3.8, 4) is 10.8 Å². The lowest BCUT2D eigenvalue weighted by atomic mass is 10.6. The summed E-state index contributed by atoms with van der Waals surface area (Å²) in [6.45, 7) is 0. The molecule has 0 aliphatic carbocycles. The first-order valence-electron chi connectivity index (χ1n) is 2.15. The minimum absolute atomic E-state index is 0.220. The summed E-state index contributed by atoms with van der Waals surface area (Å²) in [5.41, 5.74) is 0. The van der Waals surface area contributed by atoms with Gasteiger partial charge in [0, 0.05) is 0 Å². The maximum absolute atomic E-state index is 8.84. The van der Waals surface area contributed by atoms with Gasteiger partial charge in [0.25, 0.3) is 0 Å². The third kappa shape index (κ3) is 0.767. The SMILES string of the molecule is COc1sccc1O. The van der Waals surface area contributed by atoms with Gasteiger partial charge in [0.2, 0.25) is 5.06 Å². The molecule has 0 radical (unpaired) electrons. The van der Waals surface area contributed by atoms with E-state index in [-0.39, 0.29) is 5.75 Å². The minimum Gasteiger partial charge on any atom is -0.504 e. The predicted molar refractivity (Wildman–Crippen MR) is 32.5 cm³/mol. The number of ether oxygens (including phenoxy) is 1. The van der Waals surface area contributed by atoms with Crippen LogP contribution in [0.25, 0.3) is 0 Å². The van der Waals surface area contributed by atoms with Crippen molar-refractivity contribution in [1.82, 2.24) is 0 Å². The number of hydrogen-bond acceptors (Lipinski definition) is 3. The molecular formula is C5H6O2S. The van der Waals surface area contributed by atoms with Crippen LogP contribution in [0.3, 0.4) is 0 Å². The number of rotatable bonds is 1. The molecule has 2 nitrogen and oxygen atoms in total. The molecule has 1 heterocycles. The average Bonchev–Trinajstić information content (AvgIpc) is 2.14. The summed E-state index contributed by atoms with van der Waals surface area (Å²) in [7, 11) is 1.53. The second-order valence-corrected chi connectivity index (χ2v) is 2.18. The Labute approximate surface area is 51.3 Å². The van der Waals surface area contributed by atoms with Crippen LogP contribution >= 0.6 is 11.3 Å². The van der Waals surface area contributed by atoms with E-state index >= 15 is 0 Å². The van der Waals surface area contributed by atoms with Crippen molar-refractivity contribution in [3.05, 3.63) is 11.4 Å². The second kappa shape index (κ2) is 2.05. The highest BCUT2D eigenvalue weighted by Gasteiger charge is 1.97. The fourth-order valence-electron chi connectivity index (χ4n) is 0.441. The van der Waals surface area contributed by atoms with Gasteiger partial charge in [0.05, 0.1) is 7.11 Å². The zero-order valence-electron chi connectivity index (χ0n) is 4.42. The van der Waals surface area contributed by atoms with Gasteiger partial charge in [-0.15, -0.1) is 11.3 Å². The number of methoxy groups -OCH3 is 1. The molecule has 1 aromatic heterocycles. The van der Waals surface area contributed by atoms with Crippen LogP contribution in [0, 0.1) is 0 Å². The van der Waals surface area contributed by atoms with Gasteiger partial charge in [-0.25, -0.2) is 0 Å². The molecule has 3 heteroatoms. The van der Waals surface area contributed by atoms with Crippen LogP contribution in [0.15, 0.2) is 11.4 Å². The van der Waals surface area contributed by atoms with Crippen molar-refractivity contribution in [2.24, 2.45) is 0 Å². The van der Waals surface area contributed by atoms with E-state index in [2.05, 4.69) is 0 Å². The normalized spacial score (nSPS) is 9.12. The van der Waals surface area contributed by atoms with Gasteiger partial charge in [-0.05, 0) is 11.4 Å². The fourth-order valence-corrected chi connectivity index (χ4v) is 1.05. The molecule has 1 aromatic rings. The summed E-state index contributed by atoms with van der Waals surface area (Å²) in [5, 5.41) is 11.2. The van der Waals surface area contributed by atoms with E-state index in [1.165, 1.54) is 18.4 Å². The molecule has 0 atom stereocenters. The van der Waals surface area contributed by atoms with Gasteiger partial charge in [0.15, 0.2) is 5.75 Å². The smallest absolute Gasteiger partial charge is 0.216 e. The molecule has 1 N–H and O–H groups in total. The summed E-state index contributed by atoms with van der Waals surface area (Å²) in [4.78, 5) is 0. The molecule has 1 rings (SSSR count). The van der Waals surface area contributed by atoms with Crippen molar-refractivity contribution in [2.75, 3.05) is 7.11 Å². The van der Waals surface area contributed by atoms with Crippen LogP contribution in [0.4, 0.5) is 0 Å². The van der Waals surface area contributed by atoms with Crippen molar-refractivity contribution in [2.45, 2.75) is 0 Å². The van der Waals surface area contributed by atoms with E-state index < -0.39 is 0 Å². The Balaban J connectivity index is 2.92. The zero-order valence-corrected chi connectivity index (χ0v) is 5.23. The minimum atomic E-state index is 0.220. The van der Waals surface area contributed by atoms with Crippen molar-refractivity contribution in [1.29, 1.82) is 0 Å². The Morgan fingerprint density at radius 3 is 2.75 bits per heavy atom. The Morgan fingerprint density at radius 2 is 2.50 bits per heavy atom. The number of aromatic hydroxyl groups is 1. The molecular weight excluding hydrogens is 124 g/mol. The maximum atomic E-state index is 8.84. The van der Waals surface area contributed by atoms with Gasteiger partial charge in [-0.3, -0.25) is 0 Å². The molecule has 0 unspecified atom stereocenters. The predicted octanol–water partition coefficient (Wildman–Crippen LogP) is 1.46. The third-order valence-corrected chi connectivity index (χ3v) is 1.66. The van der Waals surface area contributed by atoms with Crippen LogP contribution in [-0.4, -0.2) is 12.2 Å². The average molecular weight is 130 g/mol. The van der Waals surface area contributed by atoms with E-state index in [0.29, 0.717) is 5.06 Å². The van der Waals surface area contributed by atoms with Gasteiger partial charge < -0.3 is 9.84 Å². The molecule has 0 aromatic carbocycles. The standard InChI is InChI=1S/C5H6O2S/c1-7-5-4(6)2-3-8-5/h2-3,6H,1H3. The molecule has 0 fully saturated rings. The van der Waals surface area contributed by atoms with Crippen LogP contribution < -0.4 is 4.74 Å². The molecule has 0 saturated heterocycles. The summed E-state index contributed by atoms with van der Waals surface area (Å²) in [6.07, 6.45) is 0. The Kier molecular flexibility index (Phi) is 1.39. The van der Waals surface area contributed by atoms with Gasteiger partial charge in [-0.1, -0.05) is 0 Å². The van der Waals surface area contributed by atoms with E-state index in [0.717, 1.165) is 0 Å². The Bertz CT molecular complexity index is 171. The second-order valence-electron chi connectivity index (χ2n) is 1.30. The fraction of sp³-hybridized carbons (Fsp3) is 0.200. The molecule has 8 heavy (non-hydrogen) atoms. The summed E-state index contributed by atoms with van der Waals surface area (Å²) >= 11 is 1.38. The topological polar surface area (TPSA) is 29.5 Å². The molecule has 0 bridgehead atoms. The van der Waals surface area contributed by atoms with Crippen LogP contribution in [-0.2, 0) is 0 Å². The lowest BCUT2D eigenvalue weighted by Gasteiger charge is -1.91. The summed E-state index contributed by atoms with van der Waals surface area (Å²) in [5.74, 6) is 0.220. The highest BCUT2D eigenvalue weighted by atomic mass is 32.1. The van der Waals surface area contributed by atoms with Crippen LogP contribution in [0.2, 0.25) is 0 Å². The monoisotopic (exact) mass is 130 g/mol. The van der Waals surface area contributed by atoms with E-state index in [1.54, 1.807) is 11.4 Å². The first-order valence-corrected chi connectivity index (χ1v) is 3.03. The lowest BCUT2D eigenvalue weighted by Crippen LogP contribution is -1.75. The van der Waals surface area contributed by atoms with Crippen LogP contribution in [0.1, 0.15) is 0 Å². The van der Waals surface area contributed by atoms with E-state index in [4.69, 9.17) is 9.84 Å². The van der Waals surface area contributed by atoms with Crippen molar-refractivity contribution < 1.29 is 9.84 Å². The molecule has 0 spiro atoms. The molecule has 44 valence electrons. The lowest BCUT2D eigenvalue weighted by molar-refractivity contribution is 0.385.